The molecule has 0 saturated carbocycles. The van der Waals surface area contributed by atoms with Gasteiger partial charge in [-0.05, 0) is 13.0 Å². The smallest absolute Gasteiger partial charge is 0.218 e. The summed E-state index contributed by atoms with van der Waals surface area (Å²) in [7, 11) is 1.65. The molecule has 0 aromatic carbocycles. The number of primary amides is 1. The van der Waals surface area contributed by atoms with E-state index in [1.807, 2.05) is 0 Å². The van der Waals surface area contributed by atoms with E-state index in [1.165, 1.54) is 0 Å². The molecule has 0 aromatic rings. The molecule has 1 amide bonds. The largest absolute Gasteiger partial charge is 0.382 e. The Kier molecular flexibility index (Phi) is 9.95. The van der Waals surface area contributed by atoms with Crippen LogP contribution in [0.15, 0.2) is 0 Å². The molecule has 0 atom stereocenters. The summed E-state index contributed by atoms with van der Waals surface area (Å²) in [5, 5.41) is 3.10. The van der Waals surface area contributed by atoms with Crippen LogP contribution in [0.25, 0.3) is 0 Å². The van der Waals surface area contributed by atoms with Crippen molar-refractivity contribution in [3.63, 3.8) is 0 Å². The third-order valence-electron chi connectivity index (χ3n) is 1.62. The third kappa shape index (κ3) is 11.4. The zero-order valence-corrected chi connectivity index (χ0v) is 8.75. The lowest BCUT2D eigenvalue weighted by Crippen LogP contribution is -2.23. The van der Waals surface area contributed by atoms with Crippen molar-refractivity contribution in [2.45, 2.75) is 12.8 Å². The lowest BCUT2D eigenvalue weighted by Gasteiger charge is -2.04. The first kappa shape index (κ1) is 13.4. The standard InChI is InChI=1S/C9H20N2O3/c1-13-7-8-14-6-2-4-11-5-3-9(10)12/h11H,2-8H2,1H3,(H2,10,12). The van der Waals surface area contributed by atoms with Crippen molar-refractivity contribution < 1.29 is 14.3 Å². The predicted octanol–water partition coefficient (Wildman–Crippen LogP) is -0.495. The highest BCUT2D eigenvalue weighted by Crippen LogP contribution is 1.82. The van der Waals surface area contributed by atoms with Gasteiger partial charge < -0.3 is 20.5 Å². The van der Waals surface area contributed by atoms with Crippen molar-refractivity contribution >= 4 is 5.91 Å². The van der Waals surface area contributed by atoms with Crippen LogP contribution in [0.5, 0.6) is 0 Å². The Labute approximate surface area is 84.9 Å². The van der Waals surface area contributed by atoms with Gasteiger partial charge in [0.05, 0.1) is 13.2 Å². The Morgan fingerprint density at radius 3 is 2.71 bits per heavy atom. The topological polar surface area (TPSA) is 73.6 Å². The average molecular weight is 204 g/mol. The molecule has 0 spiro atoms. The van der Waals surface area contributed by atoms with Gasteiger partial charge in [-0.3, -0.25) is 4.79 Å². The second kappa shape index (κ2) is 10.4. The van der Waals surface area contributed by atoms with Crippen LogP contribution in [0, 0.1) is 0 Å². The summed E-state index contributed by atoms with van der Waals surface area (Å²) < 4.78 is 10.1. The molecule has 0 unspecified atom stereocenters. The molecule has 84 valence electrons. The van der Waals surface area contributed by atoms with Gasteiger partial charge in [-0.15, -0.1) is 0 Å². The number of carbonyl (C=O) groups is 1. The molecule has 0 aliphatic heterocycles. The Balaban J connectivity index is 2.88. The first-order valence-corrected chi connectivity index (χ1v) is 4.83. The van der Waals surface area contributed by atoms with E-state index in [0.717, 1.165) is 13.0 Å². The van der Waals surface area contributed by atoms with Gasteiger partial charge in [0.25, 0.3) is 0 Å². The van der Waals surface area contributed by atoms with Crippen LogP contribution in [0.4, 0.5) is 0 Å². The number of rotatable bonds is 10. The molecule has 14 heavy (non-hydrogen) atoms. The summed E-state index contributed by atoms with van der Waals surface area (Å²) in [5.74, 6) is -0.270. The van der Waals surface area contributed by atoms with Gasteiger partial charge >= 0.3 is 0 Å². The highest BCUT2D eigenvalue weighted by molar-refractivity contribution is 5.73. The Hall–Kier alpha value is -0.650. The van der Waals surface area contributed by atoms with Crippen molar-refractivity contribution in [3.8, 4) is 0 Å². The van der Waals surface area contributed by atoms with Crippen LogP contribution in [-0.4, -0.2) is 45.9 Å². The van der Waals surface area contributed by atoms with Crippen molar-refractivity contribution in [1.29, 1.82) is 0 Å². The maximum atomic E-state index is 10.4. The molecule has 3 N–H and O–H groups in total. The molecule has 0 fully saturated rings. The fourth-order valence-electron chi connectivity index (χ4n) is 0.880. The fraction of sp³-hybridized carbons (Fsp3) is 0.889. The Morgan fingerprint density at radius 2 is 2.07 bits per heavy atom. The van der Waals surface area contributed by atoms with Crippen LogP contribution >= 0.6 is 0 Å². The van der Waals surface area contributed by atoms with Crippen LogP contribution in [0.1, 0.15) is 12.8 Å². The van der Waals surface area contributed by atoms with Crippen molar-refractivity contribution in [2.24, 2.45) is 5.73 Å². The van der Waals surface area contributed by atoms with Crippen LogP contribution < -0.4 is 11.1 Å². The number of hydrogen-bond donors (Lipinski definition) is 2. The highest BCUT2D eigenvalue weighted by atomic mass is 16.5. The molecular weight excluding hydrogens is 184 g/mol. The molecule has 5 heteroatoms. The summed E-state index contributed by atoms with van der Waals surface area (Å²) in [6, 6.07) is 0. The molecule has 0 rings (SSSR count). The van der Waals surface area contributed by atoms with Gasteiger partial charge in [0.1, 0.15) is 0 Å². The van der Waals surface area contributed by atoms with Gasteiger partial charge in [-0.25, -0.2) is 0 Å². The minimum atomic E-state index is -0.270. The quantitative estimate of drug-likeness (QED) is 0.471. The molecule has 0 aliphatic rings. The number of carbonyl (C=O) groups excluding carboxylic acids is 1. The van der Waals surface area contributed by atoms with E-state index in [-0.39, 0.29) is 5.91 Å². The van der Waals surface area contributed by atoms with Gasteiger partial charge in [0.15, 0.2) is 0 Å². The van der Waals surface area contributed by atoms with E-state index in [0.29, 0.717) is 32.8 Å². The van der Waals surface area contributed by atoms with Crippen LogP contribution in [0.2, 0.25) is 0 Å². The van der Waals surface area contributed by atoms with E-state index in [9.17, 15) is 4.79 Å². The molecule has 0 bridgehead atoms. The molecular formula is C9H20N2O3. The Bertz CT molecular complexity index is 142. The van der Waals surface area contributed by atoms with Crippen LogP contribution in [0.3, 0.4) is 0 Å². The van der Waals surface area contributed by atoms with Crippen LogP contribution in [-0.2, 0) is 14.3 Å². The first-order valence-electron chi connectivity index (χ1n) is 4.83. The lowest BCUT2D eigenvalue weighted by molar-refractivity contribution is -0.117. The Morgan fingerprint density at radius 1 is 1.29 bits per heavy atom. The number of amides is 1. The summed E-state index contributed by atoms with van der Waals surface area (Å²) in [6.45, 7) is 3.48. The number of hydrogen-bond acceptors (Lipinski definition) is 4. The second-order valence-electron chi connectivity index (χ2n) is 2.93. The molecule has 0 heterocycles. The number of nitrogens with two attached hydrogens (primary N) is 1. The minimum Gasteiger partial charge on any atom is -0.382 e. The zero-order chi connectivity index (χ0) is 10.6. The highest BCUT2D eigenvalue weighted by Gasteiger charge is 1.93. The zero-order valence-electron chi connectivity index (χ0n) is 8.75. The number of nitrogens with one attached hydrogen (secondary N) is 1. The summed E-state index contributed by atoms with van der Waals surface area (Å²) in [4.78, 5) is 10.4. The average Bonchev–Trinajstić information content (AvgIpc) is 2.15. The van der Waals surface area contributed by atoms with Gasteiger partial charge in [-0.2, -0.15) is 0 Å². The molecule has 0 saturated heterocycles. The molecule has 5 nitrogen and oxygen atoms in total. The maximum Gasteiger partial charge on any atom is 0.218 e. The minimum absolute atomic E-state index is 0.270. The first-order chi connectivity index (χ1) is 6.77. The van der Waals surface area contributed by atoms with E-state index in [2.05, 4.69) is 5.32 Å². The van der Waals surface area contributed by atoms with Crippen molar-refractivity contribution in [3.05, 3.63) is 0 Å². The third-order valence-corrected chi connectivity index (χ3v) is 1.62. The van der Waals surface area contributed by atoms with E-state index in [1.54, 1.807) is 7.11 Å². The lowest BCUT2D eigenvalue weighted by atomic mass is 10.4. The van der Waals surface area contributed by atoms with E-state index >= 15 is 0 Å². The summed E-state index contributed by atoms with van der Waals surface area (Å²) in [6.07, 6.45) is 1.33. The second-order valence-corrected chi connectivity index (χ2v) is 2.93. The summed E-state index contributed by atoms with van der Waals surface area (Å²) >= 11 is 0. The monoisotopic (exact) mass is 204 g/mol. The number of ether oxygens (including phenoxy) is 2. The normalized spacial score (nSPS) is 10.4. The molecule has 0 aliphatic carbocycles. The van der Waals surface area contributed by atoms with Gasteiger partial charge in [0.2, 0.25) is 5.91 Å². The van der Waals surface area contributed by atoms with E-state index < -0.39 is 0 Å². The van der Waals surface area contributed by atoms with Crippen molar-refractivity contribution in [2.75, 3.05) is 40.0 Å². The number of methoxy groups -OCH3 is 1. The van der Waals surface area contributed by atoms with Crippen molar-refractivity contribution in [1.82, 2.24) is 5.32 Å². The predicted molar refractivity (Wildman–Crippen MR) is 54.0 cm³/mol. The molecule has 0 radical (unpaired) electrons. The van der Waals surface area contributed by atoms with E-state index in [4.69, 9.17) is 15.2 Å². The fourth-order valence-corrected chi connectivity index (χ4v) is 0.880. The summed E-state index contributed by atoms with van der Waals surface area (Å²) in [5.41, 5.74) is 4.97. The van der Waals surface area contributed by atoms with Gasteiger partial charge in [-0.1, -0.05) is 0 Å². The molecule has 0 aromatic heterocycles. The van der Waals surface area contributed by atoms with Gasteiger partial charge in [0, 0.05) is 26.7 Å². The SMILES string of the molecule is COCCOCCCNCCC(N)=O. The maximum absolute atomic E-state index is 10.4.